The Labute approximate surface area is 109 Å². The van der Waals surface area contributed by atoms with Crippen LogP contribution in [0.15, 0.2) is 0 Å². The maximum atomic E-state index is 12.3. The molecule has 0 aliphatic carbocycles. The van der Waals surface area contributed by atoms with E-state index >= 15 is 0 Å². The van der Waals surface area contributed by atoms with Gasteiger partial charge in [0.15, 0.2) is 0 Å². The van der Waals surface area contributed by atoms with Crippen molar-refractivity contribution in [3.63, 3.8) is 0 Å². The quantitative estimate of drug-likeness (QED) is 0.793. The van der Waals surface area contributed by atoms with E-state index in [0.29, 0.717) is 13.0 Å². The van der Waals surface area contributed by atoms with Crippen LogP contribution in [0.2, 0.25) is 0 Å². The molecule has 1 fully saturated rings. The van der Waals surface area contributed by atoms with Crippen molar-refractivity contribution in [3.05, 3.63) is 0 Å². The Morgan fingerprint density at radius 2 is 2.11 bits per heavy atom. The molecule has 2 unspecified atom stereocenters. The van der Waals surface area contributed by atoms with E-state index < -0.39 is 5.97 Å². The molecule has 1 aliphatic heterocycles. The van der Waals surface area contributed by atoms with Crippen molar-refractivity contribution < 1.29 is 14.7 Å². The Hall–Kier alpha value is -1.06. The molecule has 2 atom stereocenters. The van der Waals surface area contributed by atoms with E-state index in [2.05, 4.69) is 6.92 Å². The molecule has 0 aromatic rings. The van der Waals surface area contributed by atoms with Gasteiger partial charge in [0.05, 0.1) is 5.92 Å². The van der Waals surface area contributed by atoms with Crippen molar-refractivity contribution in [3.8, 4) is 0 Å². The summed E-state index contributed by atoms with van der Waals surface area (Å²) in [5.74, 6) is -0.894. The third-order valence-corrected chi connectivity index (χ3v) is 3.83. The number of hydrogen-bond donors (Lipinski definition) is 1. The van der Waals surface area contributed by atoms with E-state index in [0.717, 1.165) is 38.6 Å². The summed E-state index contributed by atoms with van der Waals surface area (Å²) in [6.07, 6.45) is 5.47. The van der Waals surface area contributed by atoms with Crippen LogP contribution in [-0.2, 0) is 9.59 Å². The minimum Gasteiger partial charge on any atom is -0.481 e. The highest BCUT2D eigenvalue weighted by Crippen LogP contribution is 2.22. The maximum Gasteiger partial charge on any atom is 0.308 e. The summed E-state index contributed by atoms with van der Waals surface area (Å²) in [5, 5.41) is 9.04. The van der Waals surface area contributed by atoms with Crippen molar-refractivity contribution in [2.75, 3.05) is 13.1 Å². The van der Waals surface area contributed by atoms with Gasteiger partial charge in [0.2, 0.25) is 5.91 Å². The lowest BCUT2D eigenvalue weighted by molar-refractivity contribution is -0.146. The highest BCUT2D eigenvalue weighted by molar-refractivity contribution is 5.80. The summed E-state index contributed by atoms with van der Waals surface area (Å²) in [6.45, 7) is 5.29. The zero-order chi connectivity index (χ0) is 13.5. The van der Waals surface area contributed by atoms with E-state index in [1.54, 1.807) is 4.90 Å². The summed E-state index contributed by atoms with van der Waals surface area (Å²) in [7, 11) is 0. The number of likely N-dealkylation sites (tertiary alicyclic amines) is 1. The highest BCUT2D eigenvalue weighted by Gasteiger charge is 2.30. The largest absolute Gasteiger partial charge is 0.481 e. The average molecular weight is 255 g/mol. The first-order chi connectivity index (χ1) is 8.60. The van der Waals surface area contributed by atoms with Crippen molar-refractivity contribution >= 4 is 11.9 Å². The Morgan fingerprint density at radius 3 is 2.67 bits per heavy atom. The van der Waals surface area contributed by atoms with Gasteiger partial charge in [-0.1, -0.05) is 26.7 Å². The molecule has 1 rings (SSSR count). The number of hydrogen-bond acceptors (Lipinski definition) is 2. The number of carboxylic acid groups (broad SMARTS) is 1. The number of nitrogens with zero attached hydrogens (tertiary/aromatic N) is 1. The lowest BCUT2D eigenvalue weighted by atomic mass is 9.93. The zero-order valence-corrected chi connectivity index (χ0v) is 11.5. The second-order valence-electron chi connectivity index (χ2n) is 5.21. The molecule has 1 heterocycles. The van der Waals surface area contributed by atoms with Crippen LogP contribution in [0.25, 0.3) is 0 Å². The normalized spacial score (nSPS) is 21.7. The fourth-order valence-electron chi connectivity index (χ4n) is 2.59. The van der Waals surface area contributed by atoms with Gasteiger partial charge in [0, 0.05) is 19.0 Å². The second kappa shape index (κ2) is 7.39. The predicted octanol–water partition coefficient (Wildman–Crippen LogP) is 2.53. The minimum atomic E-state index is -0.769. The average Bonchev–Trinajstić information content (AvgIpc) is 2.39. The van der Waals surface area contributed by atoms with Gasteiger partial charge in [-0.15, -0.1) is 0 Å². The number of rotatable bonds is 6. The number of carbonyl (C=O) groups is 2. The third kappa shape index (κ3) is 4.00. The molecule has 0 spiro atoms. The number of piperidine rings is 1. The van der Waals surface area contributed by atoms with Crippen molar-refractivity contribution in [2.45, 2.75) is 52.4 Å². The minimum absolute atomic E-state index is 0.0810. The molecule has 1 N–H and O–H groups in total. The highest BCUT2D eigenvalue weighted by atomic mass is 16.4. The molecule has 0 aromatic heterocycles. The van der Waals surface area contributed by atoms with Gasteiger partial charge in [-0.2, -0.15) is 0 Å². The van der Waals surface area contributed by atoms with Gasteiger partial charge in [-0.05, 0) is 25.7 Å². The van der Waals surface area contributed by atoms with E-state index in [1.165, 1.54) is 0 Å². The third-order valence-electron chi connectivity index (χ3n) is 3.83. The predicted molar refractivity (Wildman–Crippen MR) is 70.2 cm³/mol. The van der Waals surface area contributed by atoms with Crippen LogP contribution in [0.1, 0.15) is 52.4 Å². The molecule has 0 saturated carbocycles. The number of carboxylic acids is 1. The van der Waals surface area contributed by atoms with Crippen LogP contribution in [0.3, 0.4) is 0 Å². The van der Waals surface area contributed by atoms with Crippen LogP contribution in [0.5, 0.6) is 0 Å². The van der Waals surface area contributed by atoms with E-state index in [9.17, 15) is 9.59 Å². The van der Waals surface area contributed by atoms with Crippen molar-refractivity contribution in [1.82, 2.24) is 4.90 Å². The molecule has 0 radical (unpaired) electrons. The van der Waals surface area contributed by atoms with E-state index in [1.807, 2.05) is 6.92 Å². The van der Waals surface area contributed by atoms with Gasteiger partial charge in [-0.3, -0.25) is 9.59 Å². The van der Waals surface area contributed by atoms with Gasteiger partial charge >= 0.3 is 5.97 Å². The first-order valence-corrected chi connectivity index (χ1v) is 7.11. The Bertz CT molecular complexity index is 291. The molecule has 4 nitrogen and oxygen atoms in total. The van der Waals surface area contributed by atoms with Gasteiger partial charge < -0.3 is 10.0 Å². The number of aliphatic carboxylic acids is 1. The summed E-state index contributed by atoms with van der Waals surface area (Å²) in [5.41, 5.74) is 0. The van der Waals surface area contributed by atoms with Crippen LogP contribution >= 0.6 is 0 Å². The summed E-state index contributed by atoms with van der Waals surface area (Å²) in [4.78, 5) is 25.1. The second-order valence-corrected chi connectivity index (χ2v) is 5.21. The van der Waals surface area contributed by atoms with Crippen LogP contribution in [0, 0.1) is 11.8 Å². The first kappa shape index (κ1) is 15.0. The maximum absolute atomic E-state index is 12.3. The molecule has 1 saturated heterocycles. The fourth-order valence-corrected chi connectivity index (χ4v) is 2.59. The van der Waals surface area contributed by atoms with Crippen molar-refractivity contribution in [1.29, 1.82) is 0 Å². The topological polar surface area (TPSA) is 57.6 Å². The standard InChI is InChI=1S/C14H25NO3/c1-3-5-7-11(4-2)13(16)15-9-6-8-12(10-15)14(17)18/h11-12H,3-10H2,1-2H3,(H,17,18). The molecule has 18 heavy (non-hydrogen) atoms. The number of unbranched alkanes of at least 4 members (excludes halogenated alkanes) is 1. The van der Waals surface area contributed by atoms with Crippen LogP contribution < -0.4 is 0 Å². The zero-order valence-electron chi connectivity index (χ0n) is 11.5. The van der Waals surface area contributed by atoms with E-state index in [4.69, 9.17) is 5.11 Å². The Balaban J connectivity index is 2.55. The summed E-state index contributed by atoms with van der Waals surface area (Å²) in [6, 6.07) is 0. The molecular formula is C14H25NO3. The lowest BCUT2D eigenvalue weighted by Crippen LogP contribution is -2.44. The van der Waals surface area contributed by atoms with Crippen molar-refractivity contribution in [2.24, 2.45) is 11.8 Å². The Morgan fingerprint density at radius 1 is 1.39 bits per heavy atom. The fraction of sp³-hybridized carbons (Fsp3) is 0.857. The molecule has 0 bridgehead atoms. The number of carbonyl (C=O) groups excluding carboxylic acids is 1. The molecule has 104 valence electrons. The molecular weight excluding hydrogens is 230 g/mol. The lowest BCUT2D eigenvalue weighted by Gasteiger charge is -2.33. The monoisotopic (exact) mass is 255 g/mol. The summed E-state index contributed by atoms with van der Waals surface area (Å²) >= 11 is 0. The van der Waals surface area contributed by atoms with Gasteiger partial charge in [0.1, 0.15) is 0 Å². The Kier molecular flexibility index (Phi) is 6.16. The molecule has 0 aromatic carbocycles. The first-order valence-electron chi connectivity index (χ1n) is 7.11. The smallest absolute Gasteiger partial charge is 0.308 e. The van der Waals surface area contributed by atoms with Crippen LogP contribution in [-0.4, -0.2) is 35.0 Å². The summed E-state index contributed by atoms with van der Waals surface area (Å²) < 4.78 is 0. The SMILES string of the molecule is CCCCC(CC)C(=O)N1CCCC(C(=O)O)C1. The molecule has 4 heteroatoms. The molecule has 1 aliphatic rings. The van der Waals surface area contributed by atoms with E-state index in [-0.39, 0.29) is 17.7 Å². The number of amides is 1. The van der Waals surface area contributed by atoms with Gasteiger partial charge in [-0.25, -0.2) is 0 Å². The van der Waals surface area contributed by atoms with Crippen LogP contribution in [0.4, 0.5) is 0 Å². The van der Waals surface area contributed by atoms with Gasteiger partial charge in [0.25, 0.3) is 0 Å². The molecule has 1 amide bonds.